The smallest absolute Gasteiger partial charge is 0.242 e. The van der Waals surface area contributed by atoms with Gasteiger partial charge in [-0.3, -0.25) is 4.79 Å². The van der Waals surface area contributed by atoms with E-state index in [1.807, 2.05) is 31.3 Å². The van der Waals surface area contributed by atoms with Crippen molar-refractivity contribution >= 4 is 34.5 Å². The van der Waals surface area contributed by atoms with Gasteiger partial charge in [0.25, 0.3) is 0 Å². The standard InChI is InChI=1S/C17H20ClN3OS/c1-20(10-14-6-7-16(18)23-14)17(22)11-21-9-13(19)8-12-4-2-3-5-15(12)21/h2-7,13H,8-11,19H2,1H3. The molecule has 2 aromatic rings. The molecular formula is C17H20ClN3OS. The van der Waals surface area contributed by atoms with Crippen molar-refractivity contribution in [2.75, 3.05) is 25.0 Å². The highest BCUT2D eigenvalue weighted by atomic mass is 35.5. The number of likely N-dealkylation sites (N-methyl/N-ethyl adjacent to an activating group) is 1. The fourth-order valence-corrected chi connectivity index (χ4v) is 4.05. The number of nitrogens with zero attached hydrogens (tertiary/aromatic N) is 2. The summed E-state index contributed by atoms with van der Waals surface area (Å²) in [6.07, 6.45) is 0.865. The number of anilines is 1. The summed E-state index contributed by atoms with van der Waals surface area (Å²) in [7, 11) is 1.83. The second-order valence-corrected chi connectivity index (χ2v) is 7.73. The van der Waals surface area contributed by atoms with Crippen molar-refractivity contribution in [3.8, 4) is 0 Å². The topological polar surface area (TPSA) is 49.6 Å². The SMILES string of the molecule is CN(Cc1ccc(Cl)s1)C(=O)CN1CC(N)Cc2ccccc21. The molecule has 0 saturated carbocycles. The summed E-state index contributed by atoms with van der Waals surface area (Å²) in [5, 5.41) is 0. The number of amides is 1. The second kappa shape index (κ2) is 6.91. The molecule has 1 atom stereocenters. The highest BCUT2D eigenvalue weighted by molar-refractivity contribution is 7.16. The van der Waals surface area contributed by atoms with Crippen molar-refractivity contribution in [3.05, 3.63) is 51.2 Å². The van der Waals surface area contributed by atoms with Crippen LogP contribution in [0.5, 0.6) is 0 Å². The molecule has 1 unspecified atom stereocenters. The first kappa shape index (κ1) is 16.3. The van der Waals surface area contributed by atoms with Gasteiger partial charge in [0.05, 0.1) is 17.4 Å². The molecule has 6 heteroatoms. The summed E-state index contributed by atoms with van der Waals surface area (Å²) in [6.45, 7) is 1.64. The van der Waals surface area contributed by atoms with Crippen LogP contribution in [0, 0.1) is 0 Å². The quantitative estimate of drug-likeness (QED) is 0.923. The maximum Gasteiger partial charge on any atom is 0.242 e. The van der Waals surface area contributed by atoms with Crippen LogP contribution < -0.4 is 10.6 Å². The zero-order chi connectivity index (χ0) is 16.4. The Morgan fingerprint density at radius 3 is 2.91 bits per heavy atom. The largest absolute Gasteiger partial charge is 0.360 e. The molecule has 3 rings (SSSR count). The van der Waals surface area contributed by atoms with Gasteiger partial charge in [0, 0.05) is 30.2 Å². The number of hydrogen-bond acceptors (Lipinski definition) is 4. The average molecular weight is 350 g/mol. The van der Waals surface area contributed by atoms with Crippen LogP contribution in [0.1, 0.15) is 10.4 Å². The summed E-state index contributed by atoms with van der Waals surface area (Å²) >= 11 is 7.45. The van der Waals surface area contributed by atoms with Crippen molar-refractivity contribution in [2.45, 2.75) is 19.0 Å². The monoisotopic (exact) mass is 349 g/mol. The number of halogens is 1. The summed E-state index contributed by atoms with van der Waals surface area (Å²) in [6, 6.07) is 12.1. The van der Waals surface area contributed by atoms with Gasteiger partial charge in [-0.05, 0) is 30.2 Å². The van der Waals surface area contributed by atoms with Crippen molar-refractivity contribution in [3.63, 3.8) is 0 Å². The second-order valence-electron chi connectivity index (χ2n) is 5.93. The molecular weight excluding hydrogens is 330 g/mol. The number of carbonyl (C=O) groups is 1. The van der Waals surface area contributed by atoms with Gasteiger partial charge in [-0.25, -0.2) is 0 Å². The lowest BCUT2D eigenvalue weighted by Crippen LogP contribution is -2.47. The third-order valence-corrected chi connectivity index (χ3v) is 5.26. The van der Waals surface area contributed by atoms with E-state index < -0.39 is 0 Å². The summed E-state index contributed by atoms with van der Waals surface area (Å²) in [5.41, 5.74) is 8.47. The highest BCUT2D eigenvalue weighted by Crippen LogP contribution is 2.26. The van der Waals surface area contributed by atoms with E-state index in [1.165, 1.54) is 16.9 Å². The predicted octanol–water partition coefficient (Wildman–Crippen LogP) is 2.75. The van der Waals surface area contributed by atoms with Gasteiger partial charge in [0.2, 0.25) is 5.91 Å². The molecule has 0 fully saturated rings. The third kappa shape index (κ3) is 3.86. The molecule has 1 aliphatic rings. The Hall–Kier alpha value is -1.56. The fraction of sp³-hybridized carbons (Fsp3) is 0.353. The van der Waals surface area contributed by atoms with Gasteiger partial charge < -0.3 is 15.5 Å². The van der Waals surface area contributed by atoms with Crippen LogP contribution in [-0.2, 0) is 17.8 Å². The van der Waals surface area contributed by atoms with Crippen LogP contribution in [0.25, 0.3) is 0 Å². The number of benzene rings is 1. The van der Waals surface area contributed by atoms with Gasteiger partial charge in [-0.15, -0.1) is 11.3 Å². The van der Waals surface area contributed by atoms with Crippen molar-refractivity contribution in [1.29, 1.82) is 0 Å². The molecule has 122 valence electrons. The van der Waals surface area contributed by atoms with Crippen LogP contribution in [-0.4, -0.2) is 37.0 Å². The fourth-order valence-electron chi connectivity index (χ4n) is 2.91. The minimum absolute atomic E-state index is 0.0686. The van der Waals surface area contributed by atoms with Gasteiger partial charge in [-0.2, -0.15) is 0 Å². The molecule has 1 aromatic carbocycles. The van der Waals surface area contributed by atoms with E-state index in [4.69, 9.17) is 17.3 Å². The van der Waals surface area contributed by atoms with Gasteiger partial charge in [0.1, 0.15) is 0 Å². The van der Waals surface area contributed by atoms with Gasteiger partial charge in [-0.1, -0.05) is 29.8 Å². The average Bonchev–Trinajstić information content (AvgIpc) is 2.92. The Bertz CT molecular complexity index is 703. The molecule has 0 bridgehead atoms. The Morgan fingerprint density at radius 2 is 2.17 bits per heavy atom. The van der Waals surface area contributed by atoms with E-state index in [9.17, 15) is 4.79 Å². The molecule has 4 nitrogen and oxygen atoms in total. The number of rotatable bonds is 4. The Morgan fingerprint density at radius 1 is 1.39 bits per heavy atom. The number of fused-ring (bicyclic) bond motifs is 1. The lowest BCUT2D eigenvalue weighted by Gasteiger charge is -2.35. The molecule has 1 aromatic heterocycles. The normalized spacial score (nSPS) is 17.0. The van der Waals surface area contributed by atoms with Crippen molar-refractivity contribution < 1.29 is 4.79 Å². The summed E-state index contributed by atoms with van der Waals surface area (Å²) in [4.78, 5) is 17.5. The molecule has 1 aliphatic heterocycles. The van der Waals surface area contributed by atoms with Crippen LogP contribution in [0.15, 0.2) is 36.4 Å². The third-order valence-electron chi connectivity index (χ3n) is 4.04. The van der Waals surface area contributed by atoms with Crippen LogP contribution in [0.4, 0.5) is 5.69 Å². The molecule has 2 N–H and O–H groups in total. The van der Waals surface area contributed by atoms with E-state index >= 15 is 0 Å². The summed E-state index contributed by atoms with van der Waals surface area (Å²) < 4.78 is 0.747. The molecule has 1 amide bonds. The van der Waals surface area contributed by atoms with E-state index in [0.29, 0.717) is 19.6 Å². The molecule has 0 spiro atoms. The first-order valence-corrected chi connectivity index (χ1v) is 8.79. The maximum absolute atomic E-state index is 12.6. The number of para-hydroxylation sites is 1. The Labute approximate surface area is 145 Å². The first-order chi connectivity index (χ1) is 11.0. The van der Waals surface area contributed by atoms with E-state index in [2.05, 4.69) is 17.0 Å². The maximum atomic E-state index is 12.6. The van der Waals surface area contributed by atoms with Crippen LogP contribution in [0.3, 0.4) is 0 Å². The number of carbonyl (C=O) groups excluding carboxylic acids is 1. The van der Waals surface area contributed by atoms with Gasteiger partial charge in [0.15, 0.2) is 0 Å². The molecule has 0 saturated heterocycles. The summed E-state index contributed by atoms with van der Waals surface area (Å²) in [5.74, 6) is 0.0819. The minimum atomic E-state index is 0.0686. The van der Waals surface area contributed by atoms with Crippen molar-refractivity contribution in [2.24, 2.45) is 5.73 Å². The Balaban J connectivity index is 1.67. The lowest BCUT2D eigenvalue weighted by molar-refractivity contribution is -0.128. The number of thiophene rings is 1. The molecule has 2 heterocycles. The molecule has 23 heavy (non-hydrogen) atoms. The lowest BCUT2D eigenvalue weighted by atomic mass is 9.98. The highest BCUT2D eigenvalue weighted by Gasteiger charge is 2.24. The zero-order valence-corrected chi connectivity index (χ0v) is 14.6. The number of hydrogen-bond donors (Lipinski definition) is 1. The molecule has 0 aliphatic carbocycles. The van der Waals surface area contributed by atoms with Crippen molar-refractivity contribution in [1.82, 2.24) is 4.90 Å². The number of nitrogens with two attached hydrogens (primary N) is 1. The van der Waals surface area contributed by atoms with Crippen LogP contribution >= 0.6 is 22.9 Å². The minimum Gasteiger partial charge on any atom is -0.360 e. The zero-order valence-electron chi connectivity index (χ0n) is 13.0. The van der Waals surface area contributed by atoms with Gasteiger partial charge >= 0.3 is 0 Å². The van der Waals surface area contributed by atoms with E-state index in [1.54, 1.807) is 4.90 Å². The first-order valence-electron chi connectivity index (χ1n) is 7.59. The van der Waals surface area contributed by atoms with Crippen LogP contribution in [0.2, 0.25) is 4.34 Å². The molecule has 0 radical (unpaired) electrons. The van der Waals surface area contributed by atoms with E-state index in [-0.39, 0.29) is 11.9 Å². The van der Waals surface area contributed by atoms with E-state index in [0.717, 1.165) is 21.3 Å². The Kier molecular flexibility index (Phi) is 4.90. The predicted molar refractivity (Wildman–Crippen MR) is 96.1 cm³/mol.